The summed E-state index contributed by atoms with van der Waals surface area (Å²) < 4.78 is 16.6. The van der Waals surface area contributed by atoms with E-state index in [1.165, 1.54) is 13.2 Å². The molecule has 0 amide bonds. The highest BCUT2D eigenvalue weighted by Crippen LogP contribution is 2.23. The molecule has 0 aliphatic heterocycles. The van der Waals surface area contributed by atoms with Crippen LogP contribution in [0.25, 0.3) is 0 Å². The Morgan fingerprint density at radius 3 is 2.93 bits per heavy atom. The Morgan fingerprint density at radius 1 is 1.73 bits per heavy atom. The number of hydrogen-bond acceptors (Lipinski definition) is 4. The maximum atomic E-state index is 12.1. The van der Waals surface area contributed by atoms with Crippen LogP contribution >= 0.6 is 11.6 Å². The summed E-state index contributed by atoms with van der Waals surface area (Å²) in [5.74, 6) is -0.688. The first kappa shape index (κ1) is 11.7. The highest BCUT2D eigenvalue weighted by Gasteiger charge is 2.16. The molecule has 1 aromatic rings. The topological polar surface area (TPSA) is 65.2 Å². The molecule has 0 fully saturated rings. The zero-order valence-corrected chi connectivity index (χ0v) is 8.84. The Labute approximate surface area is 91.2 Å². The minimum absolute atomic E-state index is 0.0319. The highest BCUT2D eigenvalue weighted by molar-refractivity contribution is 6.35. The van der Waals surface area contributed by atoms with Crippen molar-refractivity contribution in [3.8, 4) is 0 Å². The van der Waals surface area contributed by atoms with Gasteiger partial charge >= 0.3 is 5.97 Å². The van der Waals surface area contributed by atoms with Gasteiger partial charge in [0.05, 0.1) is 24.5 Å². The van der Waals surface area contributed by atoms with Gasteiger partial charge in [-0.05, 0) is 6.07 Å². The molecular weight excluding hydrogens is 223 g/mol. The van der Waals surface area contributed by atoms with Gasteiger partial charge in [0.2, 0.25) is 0 Å². The summed E-state index contributed by atoms with van der Waals surface area (Å²) in [6.07, 6.45) is 0.0887. The number of pyridine rings is 1. The molecule has 2 N–H and O–H groups in total. The number of nitrogen functional groups attached to an aromatic ring is 1. The maximum Gasteiger partial charge on any atom is 0.358 e. The van der Waals surface area contributed by atoms with Crippen LogP contribution in [0.15, 0.2) is 6.07 Å². The van der Waals surface area contributed by atoms with Gasteiger partial charge in [0.15, 0.2) is 5.69 Å². The number of ether oxygens (including phenoxy) is 1. The van der Waals surface area contributed by atoms with E-state index in [0.29, 0.717) is 5.69 Å². The number of alkyl halides is 1. The molecule has 1 aromatic heterocycles. The van der Waals surface area contributed by atoms with Crippen molar-refractivity contribution in [3.63, 3.8) is 0 Å². The second kappa shape index (κ2) is 4.93. The molecule has 15 heavy (non-hydrogen) atoms. The number of carbonyl (C=O) groups excluding carboxylic acids is 1. The Hall–Kier alpha value is -1.36. The summed E-state index contributed by atoms with van der Waals surface area (Å²) in [7, 11) is 1.21. The summed E-state index contributed by atoms with van der Waals surface area (Å²) >= 11 is 5.76. The molecule has 4 nitrogen and oxygen atoms in total. The van der Waals surface area contributed by atoms with E-state index in [1.807, 2.05) is 0 Å². The molecular formula is C9H10ClFN2O2. The van der Waals surface area contributed by atoms with E-state index in [1.54, 1.807) is 0 Å². The number of methoxy groups -OCH3 is 1. The SMILES string of the molecule is COC(=O)c1nc(CCF)cc(N)c1Cl. The molecule has 1 heterocycles. The molecule has 6 heteroatoms. The van der Waals surface area contributed by atoms with Crippen LogP contribution in [0.4, 0.5) is 10.1 Å². The van der Waals surface area contributed by atoms with Crippen molar-refractivity contribution < 1.29 is 13.9 Å². The lowest BCUT2D eigenvalue weighted by Crippen LogP contribution is -2.09. The van der Waals surface area contributed by atoms with E-state index in [-0.39, 0.29) is 22.8 Å². The number of hydrogen-bond donors (Lipinski definition) is 1. The number of nitrogens with two attached hydrogens (primary N) is 1. The Bertz CT molecular complexity index is 385. The van der Waals surface area contributed by atoms with Gasteiger partial charge in [-0.25, -0.2) is 9.78 Å². The van der Waals surface area contributed by atoms with Gasteiger partial charge < -0.3 is 10.5 Å². The normalized spacial score (nSPS) is 10.1. The lowest BCUT2D eigenvalue weighted by atomic mass is 10.2. The van der Waals surface area contributed by atoms with E-state index in [2.05, 4.69) is 9.72 Å². The largest absolute Gasteiger partial charge is 0.464 e. The lowest BCUT2D eigenvalue weighted by molar-refractivity contribution is 0.0594. The number of aromatic nitrogens is 1. The Balaban J connectivity index is 3.18. The van der Waals surface area contributed by atoms with Crippen LogP contribution in [0, 0.1) is 0 Å². The van der Waals surface area contributed by atoms with Gasteiger partial charge in [-0.1, -0.05) is 11.6 Å². The van der Waals surface area contributed by atoms with E-state index in [4.69, 9.17) is 17.3 Å². The van der Waals surface area contributed by atoms with Crippen molar-refractivity contribution in [3.05, 3.63) is 22.5 Å². The first-order valence-electron chi connectivity index (χ1n) is 4.19. The van der Waals surface area contributed by atoms with Crippen LogP contribution in [-0.4, -0.2) is 24.7 Å². The van der Waals surface area contributed by atoms with Crippen LogP contribution in [0.3, 0.4) is 0 Å². The van der Waals surface area contributed by atoms with Gasteiger partial charge in [0, 0.05) is 12.1 Å². The van der Waals surface area contributed by atoms with Crippen molar-refractivity contribution in [2.45, 2.75) is 6.42 Å². The first-order chi connectivity index (χ1) is 7.10. The molecule has 0 spiro atoms. The smallest absolute Gasteiger partial charge is 0.358 e. The Morgan fingerprint density at radius 2 is 2.40 bits per heavy atom. The van der Waals surface area contributed by atoms with Crippen LogP contribution in [0.1, 0.15) is 16.2 Å². The minimum Gasteiger partial charge on any atom is -0.464 e. The molecule has 0 saturated heterocycles. The van der Waals surface area contributed by atoms with Crippen LogP contribution < -0.4 is 5.73 Å². The molecule has 1 rings (SSSR count). The molecule has 0 saturated carbocycles. The predicted octanol–water partition coefficient (Wildman–Crippen LogP) is 1.62. The third-order valence-electron chi connectivity index (χ3n) is 1.77. The van der Waals surface area contributed by atoms with Crippen molar-refractivity contribution >= 4 is 23.3 Å². The van der Waals surface area contributed by atoms with Crippen LogP contribution in [-0.2, 0) is 11.2 Å². The molecule has 82 valence electrons. The molecule has 0 aliphatic carbocycles. The van der Waals surface area contributed by atoms with Gasteiger partial charge in [-0.2, -0.15) is 0 Å². The molecule has 0 radical (unpaired) electrons. The van der Waals surface area contributed by atoms with E-state index in [9.17, 15) is 9.18 Å². The molecule has 0 unspecified atom stereocenters. The number of nitrogens with zero attached hydrogens (tertiary/aromatic N) is 1. The summed E-state index contributed by atoms with van der Waals surface area (Å²) in [5, 5.41) is 0.0319. The summed E-state index contributed by atoms with van der Waals surface area (Å²) in [6, 6.07) is 1.44. The van der Waals surface area contributed by atoms with Gasteiger partial charge in [0.1, 0.15) is 0 Å². The van der Waals surface area contributed by atoms with Gasteiger partial charge in [-0.15, -0.1) is 0 Å². The number of rotatable bonds is 3. The summed E-state index contributed by atoms with van der Waals surface area (Å²) in [6.45, 7) is -0.575. The zero-order valence-electron chi connectivity index (χ0n) is 8.09. The average molecular weight is 233 g/mol. The first-order valence-corrected chi connectivity index (χ1v) is 4.57. The van der Waals surface area contributed by atoms with Crippen LogP contribution in [0.5, 0.6) is 0 Å². The van der Waals surface area contributed by atoms with E-state index < -0.39 is 12.6 Å². The van der Waals surface area contributed by atoms with Crippen molar-refractivity contribution in [1.29, 1.82) is 0 Å². The van der Waals surface area contributed by atoms with Crippen molar-refractivity contribution in [2.24, 2.45) is 0 Å². The van der Waals surface area contributed by atoms with Crippen molar-refractivity contribution in [2.75, 3.05) is 19.5 Å². The predicted molar refractivity (Wildman–Crippen MR) is 54.7 cm³/mol. The third kappa shape index (κ3) is 2.56. The summed E-state index contributed by atoms with van der Waals surface area (Å²) in [4.78, 5) is 15.1. The number of esters is 1. The third-order valence-corrected chi connectivity index (χ3v) is 2.17. The summed E-state index contributed by atoms with van der Waals surface area (Å²) in [5.41, 5.74) is 6.03. The number of carbonyl (C=O) groups is 1. The number of aryl methyl sites for hydroxylation is 1. The minimum atomic E-state index is -0.688. The highest BCUT2D eigenvalue weighted by atomic mass is 35.5. The molecule has 0 atom stereocenters. The monoisotopic (exact) mass is 232 g/mol. The fraction of sp³-hybridized carbons (Fsp3) is 0.333. The maximum absolute atomic E-state index is 12.1. The lowest BCUT2D eigenvalue weighted by Gasteiger charge is -2.06. The Kier molecular flexibility index (Phi) is 3.85. The van der Waals surface area contributed by atoms with E-state index >= 15 is 0 Å². The van der Waals surface area contributed by atoms with Gasteiger partial charge in [0.25, 0.3) is 0 Å². The number of anilines is 1. The zero-order chi connectivity index (χ0) is 11.4. The van der Waals surface area contributed by atoms with Crippen molar-refractivity contribution in [1.82, 2.24) is 4.98 Å². The molecule has 0 aliphatic rings. The fourth-order valence-electron chi connectivity index (χ4n) is 1.06. The average Bonchev–Trinajstić information content (AvgIpc) is 2.22. The standard InChI is InChI=1S/C9H10ClFN2O2/c1-15-9(14)8-7(10)6(12)4-5(13-8)2-3-11/h4H,2-3H2,1H3,(H2,12,13). The number of halogens is 2. The molecule has 0 bridgehead atoms. The van der Waals surface area contributed by atoms with E-state index in [0.717, 1.165) is 0 Å². The second-order valence-corrected chi connectivity index (χ2v) is 3.17. The fourth-order valence-corrected chi connectivity index (χ4v) is 1.24. The quantitative estimate of drug-likeness (QED) is 0.805. The second-order valence-electron chi connectivity index (χ2n) is 2.80. The molecule has 0 aromatic carbocycles. The van der Waals surface area contributed by atoms with Crippen LogP contribution in [0.2, 0.25) is 5.02 Å². The van der Waals surface area contributed by atoms with Gasteiger partial charge in [-0.3, -0.25) is 4.39 Å².